The molecule has 2 heterocycles. The summed E-state index contributed by atoms with van der Waals surface area (Å²) in [6, 6.07) is 1.84. The Bertz CT molecular complexity index is 1450. The topological polar surface area (TPSA) is 270 Å². The average molecular weight is 600 g/mol. The summed E-state index contributed by atoms with van der Waals surface area (Å²) >= 11 is 0. The van der Waals surface area contributed by atoms with Crippen molar-refractivity contribution in [2.75, 3.05) is 0 Å². The van der Waals surface area contributed by atoms with Crippen LogP contribution in [-0.2, 0) is 41.6 Å². The van der Waals surface area contributed by atoms with Gasteiger partial charge in [0.1, 0.15) is 18.1 Å². The molecule has 3 amide bonds. The van der Waals surface area contributed by atoms with Crippen molar-refractivity contribution in [2.24, 2.45) is 5.73 Å². The number of nitrogens with two attached hydrogens (primary N) is 1. The lowest BCUT2D eigenvalue weighted by atomic mass is 10.0. The van der Waals surface area contributed by atoms with Gasteiger partial charge in [-0.1, -0.05) is 18.2 Å². The van der Waals surface area contributed by atoms with Crippen molar-refractivity contribution in [3.05, 3.63) is 54.2 Å². The predicted octanol–water partition coefficient (Wildman–Crippen LogP) is -0.728. The molecule has 0 spiro atoms. The molecule has 3 rings (SSSR count). The molecule has 0 saturated heterocycles. The molecule has 4 atom stereocenters. The van der Waals surface area contributed by atoms with Crippen LogP contribution in [0.3, 0.4) is 0 Å². The fourth-order valence-corrected chi connectivity index (χ4v) is 4.34. The first-order valence-electron chi connectivity index (χ1n) is 13.3. The van der Waals surface area contributed by atoms with E-state index in [1.165, 1.54) is 12.5 Å². The Balaban J connectivity index is 1.72. The lowest BCUT2D eigenvalue weighted by Crippen LogP contribution is -2.57. The van der Waals surface area contributed by atoms with Gasteiger partial charge < -0.3 is 47.0 Å². The number of nitrogens with one attached hydrogen (secondary N) is 5. The van der Waals surface area contributed by atoms with Gasteiger partial charge in [-0.25, -0.2) is 9.78 Å². The third kappa shape index (κ3) is 9.67. The molecule has 10 N–H and O–H groups in total. The largest absolute Gasteiger partial charge is 0.481 e. The number of amides is 3. The molecule has 43 heavy (non-hydrogen) atoms. The maximum Gasteiger partial charge on any atom is 0.326 e. The number of fused-ring (bicyclic) bond motifs is 1. The van der Waals surface area contributed by atoms with Crippen LogP contribution in [0.2, 0.25) is 0 Å². The van der Waals surface area contributed by atoms with Crippen molar-refractivity contribution in [3.8, 4) is 0 Å². The second-order valence-corrected chi connectivity index (χ2v) is 9.84. The van der Waals surface area contributed by atoms with Crippen LogP contribution < -0.4 is 21.7 Å². The Morgan fingerprint density at radius 1 is 0.791 bits per heavy atom. The SMILES string of the molecule is NC(Cc1c[nH]c2ccccc12)C(=O)NC(CCC(=O)O)C(=O)NC(CCC(=O)O)C(=O)NC(Cc1cnc[nH]1)C(=O)O. The molecular weight excluding hydrogens is 566 g/mol. The van der Waals surface area contributed by atoms with Gasteiger partial charge >= 0.3 is 17.9 Å². The smallest absolute Gasteiger partial charge is 0.326 e. The van der Waals surface area contributed by atoms with Gasteiger partial charge in [-0.2, -0.15) is 0 Å². The summed E-state index contributed by atoms with van der Waals surface area (Å²) in [4.78, 5) is 83.0. The van der Waals surface area contributed by atoms with E-state index in [9.17, 15) is 33.9 Å². The predicted molar refractivity (Wildman–Crippen MR) is 149 cm³/mol. The van der Waals surface area contributed by atoms with Crippen LogP contribution in [0, 0.1) is 0 Å². The third-order valence-electron chi connectivity index (χ3n) is 6.60. The molecule has 4 unspecified atom stereocenters. The number of carbonyl (C=O) groups is 6. The second kappa shape index (κ2) is 15.1. The van der Waals surface area contributed by atoms with E-state index in [1.807, 2.05) is 24.3 Å². The first-order chi connectivity index (χ1) is 20.4. The van der Waals surface area contributed by atoms with E-state index in [2.05, 4.69) is 30.9 Å². The molecule has 0 saturated carbocycles. The molecule has 1 aromatic carbocycles. The second-order valence-electron chi connectivity index (χ2n) is 9.84. The van der Waals surface area contributed by atoms with E-state index in [0.29, 0.717) is 5.69 Å². The Kier molecular flexibility index (Phi) is 11.3. The molecule has 2 aromatic heterocycles. The van der Waals surface area contributed by atoms with E-state index in [4.69, 9.17) is 15.9 Å². The zero-order valence-electron chi connectivity index (χ0n) is 22.9. The lowest BCUT2D eigenvalue weighted by Gasteiger charge is -2.25. The fourth-order valence-electron chi connectivity index (χ4n) is 4.34. The minimum atomic E-state index is -1.52. The summed E-state index contributed by atoms with van der Waals surface area (Å²) < 4.78 is 0. The van der Waals surface area contributed by atoms with E-state index >= 15 is 0 Å². The summed E-state index contributed by atoms with van der Waals surface area (Å²) in [5.74, 6) is -6.63. The van der Waals surface area contributed by atoms with Crippen molar-refractivity contribution in [1.82, 2.24) is 30.9 Å². The number of para-hydroxylation sites is 1. The summed E-state index contributed by atoms with van der Waals surface area (Å²) in [7, 11) is 0. The van der Waals surface area contributed by atoms with E-state index in [-0.39, 0.29) is 19.3 Å². The number of carboxylic acids is 3. The maximum absolute atomic E-state index is 13.2. The first-order valence-corrected chi connectivity index (χ1v) is 13.3. The normalized spacial score (nSPS) is 13.8. The number of hydrogen-bond donors (Lipinski definition) is 9. The number of nitrogens with zero attached hydrogens (tertiary/aromatic N) is 1. The van der Waals surface area contributed by atoms with Crippen LogP contribution in [0.1, 0.15) is 36.9 Å². The zero-order chi connectivity index (χ0) is 31.5. The first kappa shape index (κ1) is 32.3. The Hall–Kier alpha value is -5.25. The van der Waals surface area contributed by atoms with Crippen molar-refractivity contribution in [3.63, 3.8) is 0 Å². The van der Waals surface area contributed by atoms with Gasteiger partial charge in [0.2, 0.25) is 17.7 Å². The number of H-pyrrole nitrogens is 2. The van der Waals surface area contributed by atoms with E-state index < -0.39 is 79.1 Å². The molecule has 0 fully saturated rings. The van der Waals surface area contributed by atoms with Crippen LogP contribution in [-0.4, -0.2) is 90.1 Å². The molecule has 0 aliphatic rings. The van der Waals surface area contributed by atoms with Gasteiger partial charge in [-0.15, -0.1) is 0 Å². The van der Waals surface area contributed by atoms with Crippen LogP contribution in [0.4, 0.5) is 0 Å². The average Bonchev–Trinajstić information content (AvgIpc) is 3.62. The molecular formula is C27H33N7O9. The number of aliphatic carboxylic acids is 3. The van der Waals surface area contributed by atoms with Crippen LogP contribution in [0.15, 0.2) is 43.0 Å². The number of aromatic amines is 2. The number of aromatic nitrogens is 3. The van der Waals surface area contributed by atoms with E-state index in [0.717, 1.165) is 16.5 Å². The van der Waals surface area contributed by atoms with Gasteiger partial charge in [0, 0.05) is 48.3 Å². The van der Waals surface area contributed by atoms with E-state index in [1.54, 1.807) is 6.20 Å². The highest BCUT2D eigenvalue weighted by Crippen LogP contribution is 2.19. The van der Waals surface area contributed by atoms with Gasteiger partial charge in [0.25, 0.3) is 0 Å². The van der Waals surface area contributed by atoms with Crippen molar-refractivity contribution in [2.45, 2.75) is 62.7 Å². The molecule has 0 bridgehead atoms. The number of hydrogen-bond acceptors (Lipinski definition) is 8. The molecule has 16 heteroatoms. The summed E-state index contributed by atoms with van der Waals surface area (Å²) in [5.41, 5.74) is 8.09. The summed E-state index contributed by atoms with van der Waals surface area (Å²) in [6.07, 6.45) is 2.46. The molecule has 0 radical (unpaired) electrons. The summed E-state index contributed by atoms with van der Waals surface area (Å²) in [6.45, 7) is 0. The zero-order valence-corrected chi connectivity index (χ0v) is 22.9. The lowest BCUT2D eigenvalue weighted by molar-refractivity contribution is -0.143. The Labute approximate surface area is 244 Å². The fraction of sp³-hybridized carbons (Fsp3) is 0.370. The number of benzene rings is 1. The Morgan fingerprint density at radius 2 is 1.37 bits per heavy atom. The number of carbonyl (C=O) groups excluding carboxylic acids is 3. The van der Waals surface area contributed by atoms with Gasteiger partial charge in [-0.05, 0) is 30.9 Å². The molecule has 0 aliphatic heterocycles. The molecule has 3 aromatic rings. The number of imidazole rings is 1. The monoisotopic (exact) mass is 599 g/mol. The number of rotatable bonds is 17. The third-order valence-corrected chi connectivity index (χ3v) is 6.60. The quantitative estimate of drug-likeness (QED) is 0.0933. The number of carboxylic acid groups (broad SMARTS) is 3. The minimum Gasteiger partial charge on any atom is -0.481 e. The highest BCUT2D eigenvalue weighted by Gasteiger charge is 2.31. The summed E-state index contributed by atoms with van der Waals surface area (Å²) in [5, 5.41) is 35.8. The Morgan fingerprint density at radius 3 is 1.93 bits per heavy atom. The van der Waals surface area contributed by atoms with Crippen LogP contribution in [0.5, 0.6) is 0 Å². The van der Waals surface area contributed by atoms with Gasteiger partial charge in [0.15, 0.2) is 0 Å². The molecule has 16 nitrogen and oxygen atoms in total. The van der Waals surface area contributed by atoms with Crippen molar-refractivity contribution in [1.29, 1.82) is 0 Å². The van der Waals surface area contributed by atoms with Gasteiger partial charge in [0.05, 0.1) is 12.4 Å². The minimum absolute atomic E-state index is 0.0969. The highest BCUT2D eigenvalue weighted by molar-refractivity contribution is 5.95. The van der Waals surface area contributed by atoms with Crippen LogP contribution in [0.25, 0.3) is 10.9 Å². The van der Waals surface area contributed by atoms with Crippen LogP contribution >= 0.6 is 0 Å². The maximum atomic E-state index is 13.2. The molecule has 230 valence electrons. The molecule has 0 aliphatic carbocycles. The van der Waals surface area contributed by atoms with Gasteiger partial charge in [-0.3, -0.25) is 24.0 Å². The standard InChI is InChI=1S/C27H33N7O9/c28-17(9-14-11-30-18-4-2-1-3-16(14)18)24(39)32-19(5-7-22(35)36)25(40)33-20(6-8-23(37)38)26(41)34-21(27(42)43)10-15-12-29-13-31-15/h1-4,11-13,17,19-21,30H,5-10,28H2,(H,29,31)(H,32,39)(H,33,40)(H,34,41)(H,35,36)(H,37,38)(H,42,43). The van der Waals surface area contributed by atoms with Crippen molar-refractivity contribution < 1.29 is 44.1 Å². The van der Waals surface area contributed by atoms with Crippen molar-refractivity contribution >= 4 is 46.5 Å². The highest BCUT2D eigenvalue weighted by atomic mass is 16.4.